The maximum atomic E-state index is 12.7. The number of carbonyl (C=O) groups is 1. The van der Waals surface area contributed by atoms with Crippen LogP contribution in [0.15, 0.2) is 48.7 Å². The number of fused-ring (bicyclic) bond motifs is 1. The lowest BCUT2D eigenvalue weighted by Gasteiger charge is -2.24. The molecular weight excluding hydrogens is 409 g/mol. The lowest BCUT2D eigenvalue weighted by Crippen LogP contribution is -2.43. The maximum absolute atomic E-state index is 12.7. The summed E-state index contributed by atoms with van der Waals surface area (Å²) in [5, 5.41) is 14.5. The molecule has 3 rings (SSSR count). The second-order valence-corrected chi connectivity index (χ2v) is 7.75. The van der Waals surface area contributed by atoms with Crippen molar-refractivity contribution in [2.24, 2.45) is 0 Å². The molecule has 3 N–H and O–H groups in total. The van der Waals surface area contributed by atoms with E-state index >= 15 is 0 Å². The number of rotatable bonds is 8. The summed E-state index contributed by atoms with van der Waals surface area (Å²) in [5.74, 6) is -0.155. The van der Waals surface area contributed by atoms with E-state index in [0.29, 0.717) is 29.7 Å². The molecule has 0 saturated heterocycles. The van der Waals surface area contributed by atoms with Gasteiger partial charge in [-0.25, -0.2) is 4.79 Å². The maximum Gasteiger partial charge on any atom is 0.317 e. The summed E-state index contributed by atoms with van der Waals surface area (Å²) in [5.41, 5.74) is 2.97. The van der Waals surface area contributed by atoms with E-state index in [9.17, 15) is 9.90 Å². The number of hydrogen-bond donors (Lipinski definition) is 3. The van der Waals surface area contributed by atoms with Crippen molar-refractivity contribution in [1.29, 1.82) is 0 Å². The van der Waals surface area contributed by atoms with Crippen LogP contribution in [0.25, 0.3) is 10.9 Å². The topological polar surface area (TPSA) is 68.4 Å². The van der Waals surface area contributed by atoms with Crippen molar-refractivity contribution in [3.05, 3.63) is 69.8 Å². The van der Waals surface area contributed by atoms with Crippen LogP contribution in [0.2, 0.25) is 10.0 Å². The number of aliphatic hydroxyl groups excluding tert-OH is 1. The fourth-order valence-corrected chi connectivity index (χ4v) is 4.10. The van der Waals surface area contributed by atoms with Gasteiger partial charge in [0.2, 0.25) is 0 Å². The number of carbonyl (C=O) groups excluding carboxylic acids is 1. The summed E-state index contributed by atoms with van der Waals surface area (Å²) in [4.78, 5) is 17.6. The van der Waals surface area contributed by atoms with E-state index in [1.54, 1.807) is 11.0 Å². The number of urea groups is 1. The molecule has 1 heterocycles. The average molecular weight is 434 g/mol. The zero-order chi connectivity index (χ0) is 20.8. The SMILES string of the molecule is CCCN(CCO)C(=O)NCC(c1ccc(Cl)cc1Cl)c1c[nH]c2ccccc12. The first-order chi connectivity index (χ1) is 14.0. The van der Waals surface area contributed by atoms with E-state index in [-0.39, 0.29) is 18.6 Å². The van der Waals surface area contributed by atoms with Crippen LogP contribution >= 0.6 is 23.2 Å². The van der Waals surface area contributed by atoms with Crippen molar-refractivity contribution in [2.75, 3.05) is 26.2 Å². The van der Waals surface area contributed by atoms with E-state index in [4.69, 9.17) is 23.2 Å². The van der Waals surface area contributed by atoms with E-state index in [1.165, 1.54) is 0 Å². The zero-order valence-electron chi connectivity index (χ0n) is 16.3. The monoisotopic (exact) mass is 433 g/mol. The number of nitrogens with zero attached hydrogens (tertiary/aromatic N) is 1. The molecule has 1 unspecified atom stereocenters. The van der Waals surface area contributed by atoms with Gasteiger partial charge in [0.25, 0.3) is 0 Å². The predicted molar refractivity (Wildman–Crippen MR) is 119 cm³/mol. The number of nitrogens with one attached hydrogen (secondary N) is 2. The highest BCUT2D eigenvalue weighted by Crippen LogP contribution is 2.35. The van der Waals surface area contributed by atoms with Crippen LogP contribution in [0.4, 0.5) is 4.79 Å². The second-order valence-electron chi connectivity index (χ2n) is 6.90. The van der Waals surface area contributed by atoms with Crippen LogP contribution in [0.5, 0.6) is 0 Å². The third kappa shape index (κ3) is 5.04. The second kappa shape index (κ2) is 10.0. The summed E-state index contributed by atoms with van der Waals surface area (Å²) in [7, 11) is 0. The summed E-state index contributed by atoms with van der Waals surface area (Å²) >= 11 is 12.6. The first kappa shape index (κ1) is 21.5. The smallest absolute Gasteiger partial charge is 0.317 e. The number of aromatic nitrogens is 1. The Morgan fingerprint density at radius 3 is 2.69 bits per heavy atom. The number of hydrogen-bond acceptors (Lipinski definition) is 2. The van der Waals surface area contributed by atoms with Crippen molar-refractivity contribution in [1.82, 2.24) is 15.2 Å². The minimum Gasteiger partial charge on any atom is -0.395 e. The minimum absolute atomic E-state index is 0.0672. The van der Waals surface area contributed by atoms with Crippen LogP contribution in [0.1, 0.15) is 30.4 Å². The molecule has 0 saturated carbocycles. The quantitative estimate of drug-likeness (QED) is 0.466. The van der Waals surface area contributed by atoms with Crippen LogP contribution in [0.3, 0.4) is 0 Å². The van der Waals surface area contributed by atoms with Gasteiger partial charge in [-0.15, -0.1) is 0 Å². The van der Waals surface area contributed by atoms with Gasteiger partial charge in [0.1, 0.15) is 0 Å². The molecule has 1 aromatic heterocycles. The summed E-state index contributed by atoms with van der Waals surface area (Å²) in [6.07, 6.45) is 2.78. The van der Waals surface area contributed by atoms with Crippen molar-refractivity contribution < 1.29 is 9.90 Å². The number of H-pyrrole nitrogens is 1. The highest BCUT2D eigenvalue weighted by Gasteiger charge is 2.22. The zero-order valence-corrected chi connectivity index (χ0v) is 17.8. The third-order valence-corrected chi connectivity index (χ3v) is 5.51. The molecule has 2 aromatic carbocycles. The standard InChI is InChI=1S/C22H25Cl2N3O2/c1-2-9-27(10-11-28)22(29)26-14-18(16-8-7-15(23)12-20(16)24)19-13-25-21-6-4-3-5-17(19)21/h3-8,12-13,18,25,28H,2,9-11,14H2,1H3,(H,26,29). The fraction of sp³-hybridized carbons (Fsp3) is 0.318. The van der Waals surface area contributed by atoms with Crippen molar-refractivity contribution in [3.8, 4) is 0 Å². The molecule has 0 spiro atoms. The van der Waals surface area contributed by atoms with Gasteiger partial charge in [0, 0.05) is 52.7 Å². The molecule has 0 aliphatic rings. The van der Waals surface area contributed by atoms with Gasteiger partial charge in [-0.3, -0.25) is 0 Å². The van der Waals surface area contributed by atoms with Crippen LogP contribution in [-0.4, -0.2) is 47.3 Å². The van der Waals surface area contributed by atoms with Gasteiger partial charge in [-0.05, 0) is 35.7 Å². The Morgan fingerprint density at radius 1 is 1.17 bits per heavy atom. The number of para-hydroxylation sites is 1. The highest BCUT2D eigenvalue weighted by molar-refractivity contribution is 6.35. The van der Waals surface area contributed by atoms with Gasteiger partial charge in [-0.1, -0.05) is 54.4 Å². The van der Waals surface area contributed by atoms with E-state index in [0.717, 1.165) is 28.5 Å². The summed E-state index contributed by atoms with van der Waals surface area (Å²) in [6.45, 7) is 3.20. The van der Waals surface area contributed by atoms with Gasteiger partial charge < -0.3 is 20.3 Å². The Kier molecular flexibility index (Phi) is 7.42. The van der Waals surface area contributed by atoms with E-state index in [2.05, 4.69) is 16.4 Å². The molecule has 3 aromatic rings. The molecule has 7 heteroatoms. The molecule has 0 aliphatic carbocycles. The largest absolute Gasteiger partial charge is 0.395 e. The van der Waals surface area contributed by atoms with Gasteiger partial charge in [0.05, 0.1) is 6.61 Å². The Labute approximate surface area is 180 Å². The van der Waals surface area contributed by atoms with Crippen LogP contribution < -0.4 is 5.32 Å². The number of halogens is 2. The molecule has 0 radical (unpaired) electrons. The van der Waals surface area contributed by atoms with Gasteiger partial charge in [0.15, 0.2) is 0 Å². The number of amides is 2. The predicted octanol–water partition coefficient (Wildman–Crippen LogP) is 5.02. The first-order valence-electron chi connectivity index (χ1n) is 9.69. The number of aliphatic hydroxyl groups is 1. The average Bonchev–Trinajstić information content (AvgIpc) is 3.13. The Bertz CT molecular complexity index is 968. The molecule has 2 amide bonds. The van der Waals surface area contributed by atoms with Gasteiger partial charge >= 0.3 is 6.03 Å². The van der Waals surface area contributed by atoms with Gasteiger partial charge in [-0.2, -0.15) is 0 Å². The van der Waals surface area contributed by atoms with Crippen molar-refractivity contribution >= 4 is 40.1 Å². The molecule has 154 valence electrons. The molecule has 5 nitrogen and oxygen atoms in total. The van der Waals surface area contributed by atoms with E-state index in [1.807, 2.05) is 43.5 Å². The lowest BCUT2D eigenvalue weighted by molar-refractivity contribution is 0.177. The van der Waals surface area contributed by atoms with E-state index < -0.39 is 0 Å². The highest BCUT2D eigenvalue weighted by atomic mass is 35.5. The number of benzene rings is 2. The Hall–Kier alpha value is -2.21. The Morgan fingerprint density at radius 2 is 1.97 bits per heavy atom. The summed E-state index contributed by atoms with van der Waals surface area (Å²) < 4.78 is 0. The molecular formula is C22H25Cl2N3O2. The molecule has 1 atom stereocenters. The molecule has 29 heavy (non-hydrogen) atoms. The number of aromatic amines is 1. The molecule has 0 fully saturated rings. The first-order valence-corrected chi connectivity index (χ1v) is 10.4. The van der Waals surface area contributed by atoms with Crippen molar-refractivity contribution in [3.63, 3.8) is 0 Å². The lowest BCUT2D eigenvalue weighted by atomic mass is 9.91. The minimum atomic E-state index is -0.198. The fourth-order valence-electron chi connectivity index (χ4n) is 3.56. The van der Waals surface area contributed by atoms with Crippen molar-refractivity contribution in [2.45, 2.75) is 19.3 Å². The third-order valence-electron chi connectivity index (χ3n) is 4.94. The Balaban J connectivity index is 1.92. The summed E-state index contributed by atoms with van der Waals surface area (Å²) in [6, 6.07) is 13.3. The molecule has 0 bridgehead atoms. The van der Waals surface area contributed by atoms with Crippen LogP contribution in [0, 0.1) is 0 Å². The van der Waals surface area contributed by atoms with Crippen LogP contribution in [-0.2, 0) is 0 Å². The normalized spacial score (nSPS) is 12.1. The molecule has 0 aliphatic heterocycles.